The van der Waals surface area contributed by atoms with E-state index in [2.05, 4.69) is 6.92 Å². The Bertz CT molecular complexity index is 251. The minimum Gasteiger partial charge on any atom is -0.543 e. The lowest BCUT2D eigenvalue weighted by molar-refractivity contribution is -0.345. The Morgan fingerprint density at radius 2 is 1.67 bits per heavy atom. The molecule has 0 saturated heterocycles. The Labute approximate surface area is 108 Å². The van der Waals surface area contributed by atoms with Crippen LogP contribution in [0, 0.1) is 5.92 Å². The van der Waals surface area contributed by atoms with E-state index in [1.54, 1.807) is 0 Å². The van der Waals surface area contributed by atoms with E-state index in [0.29, 0.717) is 6.04 Å². The number of carbonyl (C=O) groups is 2. The second-order valence-corrected chi connectivity index (χ2v) is 4.83. The highest BCUT2D eigenvalue weighted by molar-refractivity contribution is 6.25. The van der Waals surface area contributed by atoms with Crippen molar-refractivity contribution >= 4 is 11.9 Å². The molecule has 0 spiro atoms. The molecule has 1 rings (SSSR count). The molecule has 6 nitrogen and oxygen atoms in total. The van der Waals surface area contributed by atoms with Crippen LogP contribution in [0.5, 0.6) is 0 Å². The second kappa shape index (κ2) is 8.88. The van der Waals surface area contributed by atoms with Gasteiger partial charge in [-0.25, -0.2) is 5.01 Å². The lowest BCUT2D eigenvalue weighted by Crippen LogP contribution is -2.42. The van der Waals surface area contributed by atoms with Gasteiger partial charge < -0.3 is 19.8 Å². The van der Waals surface area contributed by atoms with Crippen LogP contribution >= 0.6 is 0 Å². The minimum absolute atomic E-state index is 0.549. The highest BCUT2D eigenvalue weighted by atomic mass is 16.4. The minimum atomic E-state index is -2.19. The predicted molar refractivity (Wildman–Crippen MR) is 62.6 cm³/mol. The second-order valence-electron chi connectivity index (χ2n) is 4.83. The SMILES string of the molecule is CC(CC1CCCCC1)N(C)N.O=C([O-])C(=O)[O-]. The van der Waals surface area contributed by atoms with Gasteiger partial charge in [-0.2, -0.15) is 0 Å². The summed E-state index contributed by atoms with van der Waals surface area (Å²) in [6.07, 6.45) is 8.46. The molecule has 0 aromatic heterocycles. The van der Waals surface area contributed by atoms with Gasteiger partial charge in [0.15, 0.2) is 0 Å². The molecular weight excluding hydrogens is 236 g/mol. The first-order chi connectivity index (χ1) is 8.34. The fourth-order valence-corrected chi connectivity index (χ4v) is 2.07. The van der Waals surface area contributed by atoms with Crippen molar-refractivity contribution in [2.75, 3.05) is 7.05 Å². The molecule has 0 heterocycles. The van der Waals surface area contributed by atoms with Gasteiger partial charge in [0.25, 0.3) is 0 Å². The molecule has 6 heteroatoms. The van der Waals surface area contributed by atoms with Crippen molar-refractivity contribution in [3.63, 3.8) is 0 Å². The fraction of sp³-hybridized carbons (Fsp3) is 0.833. The maximum Gasteiger partial charge on any atom is 0.0870 e. The number of carbonyl (C=O) groups excluding carboxylic acids is 2. The van der Waals surface area contributed by atoms with Crippen LogP contribution < -0.4 is 16.1 Å². The largest absolute Gasteiger partial charge is 0.543 e. The van der Waals surface area contributed by atoms with Crippen LogP contribution in [0.15, 0.2) is 0 Å². The van der Waals surface area contributed by atoms with E-state index in [1.165, 1.54) is 38.5 Å². The molecule has 0 aliphatic heterocycles. The van der Waals surface area contributed by atoms with Crippen LogP contribution in [0.4, 0.5) is 0 Å². The molecule has 1 aliphatic carbocycles. The molecule has 0 aromatic carbocycles. The van der Waals surface area contributed by atoms with E-state index in [0.717, 1.165) is 5.92 Å². The van der Waals surface area contributed by atoms with Crippen molar-refractivity contribution in [3.8, 4) is 0 Å². The van der Waals surface area contributed by atoms with Gasteiger partial charge in [-0.15, -0.1) is 0 Å². The Kier molecular flexibility index (Phi) is 8.32. The Morgan fingerprint density at radius 1 is 1.22 bits per heavy atom. The number of nitrogens with zero attached hydrogens (tertiary/aromatic N) is 1. The third kappa shape index (κ3) is 8.03. The number of rotatable bonds is 3. The molecule has 0 aromatic rings. The predicted octanol–water partition coefficient (Wildman–Crippen LogP) is -1.36. The van der Waals surface area contributed by atoms with Crippen LogP contribution in [0.2, 0.25) is 0 Å². The van der Waals surface area contributed by atoms with Crippen molar-refractivity contribution in [1.29, 1.82) is 0 Å². The highest BCUT2D eigenvalue weighted by Gasteiger charge is 2.17. The maximum atomic E-state index is 8.93. The smallest absolute Gasteiger partial charge is 0.0870 e. The monoisotopic (exact) mass is 258 g/mol. The quantitative estimate of drug-likeness (QED) is 0.380. The number of aliphatic carboxylic acids is 2. The summed E-state index contributed by atoms with van der Waals surface area (Å²) in [5.74, 6) is 2.26. The molecule has 18 heavy (non-hydrogen) atoms. The number of hydrogen-bond donors (Lipinski definition) is 1. The number of carboxylic acid groups (broad SMARTS) is 2. The highest BCUT2D eigenvalue weighted by Crippen LogP contribution is 2.27. The molecule has 0 amide bonds. The molecule has 0 radical (unpaired) electrons. The first-order valence-electron chi connectivity index (χ1n) is 6.24. The first-order valence-corrected chi connectivity index (χ1v) is 6.24. The van der Waals surface area contributed by atoms with Crippen molar-refractivity contribution < 1.29 is 19.8 Å². The summed E-state index contributed by atoms with van der Waals surface area (Å²) in [6, 6.07) is 0.549. The molecule has 106 valence electrons. The Hall–Kier alpha value is -1.14. The average molecular weight is 258 g/mol. The average Bonchev–Trinajstić information content (AvgIpc) is 2.30. The summed E-state index contributed by atoms with van der Waals surface area (Å²) in [4.78, 5) is 17.9. The molecule has 1 atom stereocenters. The van der Waals surface area contributed by atoms with Gasteiger partial charge >= 0.3 is 0 Å². The number of carboxylic acids is 2. The van der Waals surface area contributed by atoms with Crippen molar-refractivity contribution in [3.05, 3.63) is 0 Å². The van der Waals surface area contributed by atoms with Crippen molar-refractivity contribution in [1.82, 2.24) is 5.01 Å². The van der Waals surface area contributed by atoms with Gasteiger partial charge in [-0.05, 0) is 19.3 Å². The summed E-state index contributed by atoms with van der Waals surface area (Å²) < 4.78 is 0. The zero-order valence-corrected chi connectivity index (χ0v) is 11.1. The third-order valence-corrected chi connectivity index (χ3v) is 3.26. The van der Waals surface area contributed by atoms with E-state index in [4.69, 9.17) is 25.6 Å². The topological polar surface area (TPSA) is 110 Å². The molecule has 1 saturated carbocycles. The van der Waals surface area contributed by atoms with Gasteiger partial charge in [-0.1, -0.05) is 32.1 Å². The number of nitrogens with two attached hydrogens (primary N) is 1. The van der Waals surface area contributed by atoms with Crippen molar-refractivity contribution in [2.24, 2.45) is 11.8 Å². The molecule has 1 unspecified atom stereocenters. The van der Waals surface area contributed by atoms with Crippen LogP contribution in [0.25, 0.3) is 0 Å². The fourth-order valence-electron chi connectivity index (χ4n) is 2.07. The zero-order valence-electron chi connectivity index (χ0n) is 11.1. The van der Waals surface area contributed by atoms with E-state index < -0.39 is 11.9 Å². The van der Waals surface area contributed by atoms with Gasteiger partial charge in [-0.3, -0.25) is 5.84 Å². The molecule has 0 bridgehead atoms. The zero-order chi connectivity index (χ0) is 14.1. The Morgan fingerprint density at radius 3 is 2.00 bits per heavy atom. The van der Waals surface area contributed by atoms with E-state index in [1.807, 2.05) is 12.1 Å². The van der Waals surface area contributed by atoms with E-state index in [-0.39, 0.29) is 0 Å². The van der Waals surface area contributed by atoms with E-state index in [9.17, 15) is 0 Å². The first kappa shape index (κ1) is 16.9. The Balaban J connectivity index is 0.000000411. The molecule has 1 aliphatic rings. The standard InChI is InChI=1S/C10H22N2.C2H2O4/c1-9(12(2)11)8-10-6-4-3-5-7-10;3-1(4)2(5)6/h9-10H,3-8,11H2,1-2H3;(H,3,4)(H,5,6)/p-2. The summed E-state index contributed by atoms with van der Waals surface area (Å²) in [5, 5.41) is 19.7. The van der Waals surface area contributed by atoms with Crippen molar-refractivity contribution in [2.45, 2.75) is 51.5 Å². The number of hydrazine groups is 1. The maximum absolute atomic E-state index is 8.93. The third-order valence-electron chi connectivity index (χ3n) is 3.26. The van der Waals surface area contributed by atoms with Gasteiger partial charge in [0, 0.05) is 13.1 Å². The van der Waals surface area contributed by atoms with E-state index >= 15 is 0 Å². The lowest BCUT2D eigenvalue weighted by atomic mass is 9.85. The molecule has 2 N–H and O–H groups in total. The summed E-state index contributed by atoms with van der Waals surface area (Å²) in [7, 11) is 1.97. The van der Waals surface area contributed by atoms with Crippen LogP contribution in [0.1, 0.15) is 45.4 Å². The molecular formula is C12H22N2O4-2. The molecule has 1 fully saturated rings. The van der Waals surface area contributed by atoms with Gasteiger partial charge in [0.05, 0.1) is 11.9 Å². The van der Waals surface area contributed by atoms with Crippen LogP contribution in [0.3, 0.4) is 0 Å². The number of hydrogen-bond acceptors (Lipinski definition) is 6. The van der Waals surface area contributed by atoms with Crippen LogP contribution in [-0.4, -0.2) is 30.0 Å². The summed E-state index contributed by atoms with van der Waals surface area (Å²) >= 11 is 0. The summed E-state index contributed by atoms with van der Waals surface area (Å²) in [5.41, 5.74) is 0. The van der Waals surface area contributed by atoms with Gasteiger partial charge in [0.2, 0.25) is 0 Å². The summed E-state index contributed by atoms with van der Waals surface area (Å²) in [6.45, 7) is 2.22. The van der Waals surface area contributed by atoms with Crippen LogP contribution in [-0.2, 0) is 9.59 Å². The lowest BCUT2D eigenvalue weighted by Gasteiger charge is -2.27. The van der Waals surface area contributed by atoms with Gasteiger partial charge in [0.1, 0.15) is 0 Å². The normalized spacial score (nSPS) is 17.8.